The third-order valence-corrected chi connectivity index (χ3v) is 6.06. The summed E-state index contributed by atoms with van der Waals surface area (Å²) in [5, 5.41) is 3.18. The summed E-state index contributed by atoms with van der Waals surface area (Å²) in [6, 6.07) is -0.163. The molecule has 1 amide bonds. The second-order valence-electron chi connectivity index (χ2n) is 7.71. The van der Waals surface area contributed by atoms with Crippen LogP contribution in [0.4, 0.5) is 0 Å². The SMILES string of the molecule is CC(C)NC(COC1CC2CCC1(C)C2(C)C)C(N)=O. The largest absolute Gasteiger partial charge is 0.375 e. The molecule has 0 radical (unpaired) electrons. The molecule has 4 heteroatoms. The van der Waals surface area contributed by atoms with E-state index in [1.807, 2.05) is 13.8 Å². The number of amides is 1. The van der Waals surface area contributed by atoms with E-state index in [-0.39, 0.29) is 29.5 Å². The van der Waals surface area contributed by atoms with Gasteiger partial charge in [-0.1, -0.05) is 34.6 Å². The first-order chi connectivity index (χ1) is 9.18. The number of rotatable bonds is 6. The summed E-state index contributed by atoms with van der Waals surface area (Å²) in [7, 11) is 0. The molecule has 116 valence electrons. The van der Waals surface area contributed by atoms with Gasteiger partial charge in [-0.2, -0.15) is 0 Å². The first-order valence-corrected chi connectivity index (χ1v) is 7.85. The maximum absolute atomic E-state index is 11.5. The quantitative estimate of drug-likeness (QED) is 0.784. The Morgan fingerprint density at radius 1 is 1.40 bits per heavy atom. The highest BCUT2D eigenvalue weighted by atomic mass is 16.5. The van der Waals surface area contributed by atoms with E-state index in [4.69, 9.17) is 10.5 Å². The molecular formula is C16H30N2O2. The summed E-state index contributed by atoms with van der Waals surface area (Å²) in [6.45, 7) is 11.5. The highest BCUT2D eigenvalue weighted by Crippen LogP contribution is 2.66. The lowest BCUT2D eigenvalue weighted by Gasteiger charge is -2.39. The Labute approximate surface area is 122 Å². The van der Waals surface area contributed by atoms with Crippen LogP contribution in [0.1, 0.15) is 53.9 Å². The molecule has 4 unspecified atom stereocenters. The Kier molecular flexibility index (Phi) is 4.18. The summed E-state index contributed by atoms with van der Waals surface area (Å²) in [5.41, 5.74) is 6.02. The Hall–Kier alpha value is -0.610. The van der Waals surface area contributed by atoms with E-state index >= 15 is 0 Å². The standard InChI is InChI=1S/C16H30N2O2/c1-10(2)18-12(14(17)19)9-20-13-8-11-6-7-16(13,5)15(11,3)4/h10-13,18H,6-9H2,1-5H3,(H2,17,19). The molecule has 2 rings (SSSR count). The second-order valence-corrected chi connectivity index (χ2v) is 7.71. The topological polar surface area (TPSA) is 64.3 Å². The van der Waals surface area contributed by atoms with E-state index in [1.54, 1.807) is 0 Å². The molecule has 4 atom stereocenters. The van der Waals surface area contributed by atoms with Crippen LogP contribution in [0.2, 0.25) is 0 Å². The van der Waals surface area contributed by atoms with Crippen LogP contribution in [0, 0.1) is 16.7 Å². The van der Waals surface area contributed by atoms with Crippen molar-refractivity contribution >= 4 is 5.91 Å². The van der Waals surface area contributed by atoms with Crippen molar-refractivity contribution in [3.8, 4) is 0 Å². The molecule has 2 saturated carbocycles. The molecule has 0 aromatic rings. The molecule has 20 heavy (non-hydrogen) atoms. The van der Waals surface area contributed by atoms with Crippen LogP contribution < -0.4 is 11.1 Å². The number of nitrogens with one attached hydrogen (secondary N) is 1. The van der Waals surface area contributed by atoms with Gasteiger partial charge in [0.25, 0.3) is 0 Å². The van der Waals surface area contributed by atoms with E-state index < -0.39 is 0 Å². The predicted molar refractivity (Wildman–Crippen MR) is 80.2 cm³/mol. The normalized spacial score (nSPS) is 36.5. The molecule has 0 heterocycles. The number of carbonyl (C=O) groups excluding carboxylic acids is 1. The molecule has 4 nitrogen and oxygen atoms in total. The van der Waals surface area contributed by atoms with Crippen molar-refractivity contribution in [2.24, 2.45) is 22.5 Å². The minimum Gasteiger partial charge on any atom is -0.375 e. The molecule has 0 saturated heterocycles. The third kappa shape index (κ3) is 2.48. The fraction of sp³-hybridized carbons (Fsp3) is 0.938. The molecule has 2 bridgehead atoms. The van der Waals surface area contributed by atoms with E-state index in [2.05, 4.69) is 26.1 Å². The van der Waals surface area contributed by atoms with Gasteiger partial charge in [0.2, 0.25) is 5.91 Å². The van der Waals surface area contributed by atoms with E-state index in [1.165, 1.54) is 12.8 Å². The molecule has 2 aliphatic carbocycles. The van der Waals surface area contributed by atoms with Gasteiger partial charge in [-0.25, -0.2) is 0 Å². The smallest absolute Gasteiger partial charge is 0.236 e. The predicted octanol–water partition coefficient (Wildman–Crippen LogP) is 2.07. The summed E-state index contributed by atoms with van der Waals surface area (Å²) in [6.07, 6.45) is 3.92. The Morgan fingerprint density at radius 3 is 2.45 bits per heavy atom. The first kappa shape index (κ1) is 15.8. The summed E-state index contributed by atoms with van der Waals surface area (Å²) in [4.78, 5) is 11.5. The fourth-order valence-corrected chi connectivity index (χ4v) is 4.21. The highest BCUT2D eigenvalue weighted by molar-refractivity contribution is 5.80. The number of primary amides is 1. The van der Waals surface area contributed by atoms with Crippen molar-refractivity contribution in [2.45, 2.75) is 72.1 Å². The second kappa shape index (κ2) is 5.30. The molecule has 0 spiro atoms. The number of hydrogen-bond acceptors (Lipinski definition) is 3. The maximum Gasteiger partial charge on any atom is 0.236 e. The van der Waals surface area contributed by atoms with Crippen molar-refractivity contribution in [3.05, 3.63) is 0 Å². The zero-order valence-electron chi connectivity index (χ0n) is 13.5. The van der Waals surface area contributed by atoms with Gasteiger partial charge in [0.05, 0.1) is 12.7 Å². The molecule has 0 aromatic heterocycles. The minimum absolute atomic E-state index is 0.225. The van der Waals surface area contributed by atoms with Crippen LogP contribution in [0.3, 0.4) is 0 Å². The Balaban J connectivity index is 1.96. The van der Waals surface area contributed by atoms with Crippen molar-refractivity contribution < 1.29 is 9.53 Å². The molecule has 0 aromatic carbocycles. The number of nitrogens with two attached hydrogens (primary N) is 1. The molecule has 0 aliphatic heterocycles. The zero-order chi connectivity index (χ0) is 15.1. The van der Waals surface area contributed by atoms with E-state index in [0.29, 0.717) is 12.0 Å². The van der Waals surface area contributed by atoms with Gasteiger partial charge in [0, 0.05) is 6.04 Å². The lowest BCUT2D eigenvalue weighted by molar-refractivity contribution is -0.124. The minimum atomic E-state index is -0.388. The Bertz CT molecular complexity index is 381. The van der Waals surface area contributed by atoms with Crippen LogP contribution in [-0.2, 0) is 9.53 Å². The fourth-order valence-electron chi connectivity index (χ4n) is 4.21. The average molecular weight is 282 g/mol. The monoisotopic (exact) mass is 282 g/mol. The van der Waals surface area contributed by atoms with Crippen molar-refractivity contribution in [1.29, 1.82) is 0 Å². The van der Waals surface area contributed by atoms with Crippen LogP contribution in [0.25, 0.3) is 0 Å². The van der Waals surface area contributed by atoms with E-state index in [9.17, 15) is 4.79 Å². The number of ether oxygens (including phenoxy) is 1. The van der Waals surface area contributed by atoms with Gasteiger partial charge in [-0.05, 0) is 36.0 Å². The summed E-state index contributed by atoms with van der Waals surface area (Å²) in [5.74, 6) is 0.425. The van der Waals surface area contributed by atoms with Gasteiger partial charge < -0.3 is 15.8 Å². The maximum atomic E-state index is 11.5. The molecule has 2 aliphatic rings. The third-order valence-electron chi connectivity index (χ3n) is 6.06. The molecule has 3 N–H and O–H groups in total. The molecular weight excluding hydrogens is 252 g/mol. The van der Waals surface area contributed by atoms with Crippen LogP contribution in [0.15, 0.2) is 0 Å². The van der Waals surface area contributed by atoms with Crippen molar-refractivity contribution in [2.75, 3.05) is 6.61 Å². The van der Waals surface area contributed by atoms with Crippen molar-refractivity contribution in [1.82, 2.24) is 5.32 Å². The van der Waals surface area contributed by atoms with Crippen molar-refractivity contribution in [3.63, 3.8) is 0 Å². The number of fused-ring (bicyclic) bond motifs is 2. The highest BCUT2D eigenvalue weighted by Gasteiger charge is 2.61. The number of hydrogen-bond donors (Lipinski definition) is 2. The molecule has 2 fully saturated rings. The average Bonchev–Trinajstić information content (AvgIpc) is 2.66. The van der Waals surface area contributed by atoms with Crippen LogP contribution in [0.5, 0.6) is 0 Å². The first-order valence-electron chi connectivity index (χ1n) is 7.85. The summed E-state index contributed by atoms with van der Waals surface area (Å²) >= 11 is 0. The van der Waals surface area contributed by atoms with Gasteiger partial charge in [0.1, 0.15) is 6.04 Å². The van der Waals surface area contributed by atoms with Gasteiger partial charge in [-0.3, -0.25) is 4.79 Å². The lowest BCUT2D eigenvalue weighted by Crippen LogP contribution is -2.49. The van der Waals surface area contributed by atoms with Crippen LogP contribution >= 0.6 is 0 Å². The van der Waals surface area contributed by atoms with Crippen LogP contribution in [-0.4, -0.2) is 30.7 Å². The van der Waals surface area contributed by atoms with Gasteiger partial charge in [-0.15, -0.1) is 0 Å². The van der Waals surface area contributed by atoms with Gasteiger partial charge in [0.15, 0.2) is 0 Å². The lowest BCUT2D eigenvalue weighted by atomic mass is 9.70. The Morgan fingerprint density at radius 2 is 2.05 bits per heavy atom. The zero-order valence-corrected chi connectivity index (χ0v) is 13.5. The number of carbonyl (C=O) groups is 1. The summed E-state index contributed by atoms with van der Waals surface area (Å²) < 4.78 is 6.14. The van der Waals surface area contributed by atoms with Gasteiger partial charge >= 0.3 is 0 Å². The van der Waals surface area contributed by atoms with E-state index in [0.717, 1.165) is 12.3 Å².